The number of halogens is 1. The topological polar surface area (TPSA) is 29.9 Å². The van der Waals surface area contributed by atoms with Gasteiger partial charge >= 0.3 is 0 Å². The van der Waals surface area contributed by atoms with Gasteiger partial charge in [0.1, 0.15) is 5.15 Å². The molecule has 3 nitrogen and oxygen atoms in total. The van der Waals surface area contributed by atoms with Gasteiger partial charge in [-0.15, -0.1) is 0 Å². The van der Waals surface area contributed by atoms with E-state index in [1.165, 1.54) is 24.8 Å². The van der Waals surface area contributed by atoms with E-state index in [-0.39, 0.29) is 0 Å². The summed E-state index contributed by atoms with van der Waals surface area (Å²) >= 11 is 6.37. The number of likely N-dealkylation sites (N-methyl/N-ethyl adjacent to an activating group) is 1. The molecule has 108 valence electrons. The Morgan fingerprint density at radius 2 is 2.21 bits per heavy atom. The minimum Gasteiger partial charge on any atom is -0.314 e. The van der Waals surface area contributed by atoms with Gasteiger partial charge in [0.15, 0.2) is 0 Å². The summed E-state index contributed by atoms with van der Waals surface area (Å²) in [7, 11) is 1.92. The van der Waals surface area contributed by atoms with Crippen LogP contribution in [0, 0.1) is 18.8 Å². The van der Waals surface area contributed by atoms with Crippen LogP contribution in [0.25, 0.3) is 0 Å². The Morgan fingerprint density at radius 1 is 1.47 bits per heavy atom. The lowest BCUT2D eigenvalue weighted by Crippen LogP contribution is -2.37. The van der Waals surface area contributed by atoms with Crippen molar-refractivity contribution in [3.05, 3.63) is 16.4 Å². The number of nitrogens with zero attached hydrogens (tertiary/aromatic N) is 2. The van der Waals surface area contributed by atoms with Gasteiger partial charge in [-0.05, 0) is 44.6 Å². The first-order valence-corrected chi connectivity index (χ1v) is 7.82. The van der Waals surface area contributed by atoms with Crippen molar-refractivity contribution >= 4 is 11.6 Å². The molecule has 1 aliphatic carbocycles. The lowest BCUT2D eigenvalue weighted by atomic mass is 9.91. The second-order valence-corrected chi connectivity index (χ2v) is 6.38. The van der Waals surface area contributed by atoms with Gasteiger partial charge in [0.2, 0.25) is 0 Å². The zero-order chi connectivity index (χ0) is 14.0. The molecule has 3 atom stereocenters. The third-order valence-corrected chi connectivity index (χ3v) is 4.94. The number of hydrogen-bond acceptors (Lipinski definition) is 2. The molecule has 4 heteroatoms. The minimum absolute atomic E-state index is 0.537. The van der Waals surface area contributed by atoms with Crippen molar-refractivity contribution in [2.75, 3.05) is 6.54 Å². The van der Waals surface area contributed by atoms with Crippen molar-refractivity contribution in [3.63, 3.8) is 0 Å². The normalized spacial score (nSPS) is 24.9. The van der Waals surface area contributed by atoms with Gasteiger partial charge in [0, 0.05) is 18.7 Å². The Morgan fingerprint density at radius 3 is 2.68 bits per heavy atom. The van der Waals surface area contributed by atoms with Crippen molar-refractivity contribution < 1.29 is 0 Å². The standard InChI is InChI=1S/C15H26ClN3/c1-5-17-14(12-7-6-10(2)8-12)9-13-11(3)18-19(4)15(13)16/h10,12,14,17H,5-9H2,1-4H3. The Hall–Kier alpha value is -0.540. The Bertz CT molecular complexity index is 427. The highest BCUT2D eigenvalue weighted by molar-refractivity contribution is 6.30. The summed E-state index contributed by atoms with van der Waals surface area (Å²) in [6, 6.07) is 0.537. The zero-order valence-electron chi connectivity index (χ0n) is 12.5. The highest BCUT2D eigenvalue weighted by atomic mass is 35.5. The van der Waals surface area contributed by atoms with Crippen LogP contribution in [0.2, 0.25) is 5.15 Å². The van der Waals surface area contributed by atoms with Crippen molar-refractivity contribution in [1.29, 1.82) is 0 Å². The molecule has 19 heavy (non-hydrogen) atoms. The van der Waals surface area contributed by atoms with E-state index >= 15 is 0 Å². The lowest BCUT2D eigenvalue weighted by molar-refractivity contribution is 0.353. The maximum absolute atomic E-state index is 6.37. The van der Waals surface area contributed by atoms with Crippen LogP contribution >= 0.6 is 11.6 Å². The van der Waals surface area contributed by atoms with Crippen LogP contribution in [0.1, 0.15) is 44.4 Å². The molecular formula is C15H26ClN3. The quantitative estimate of drug-likeness (QED) is 0.898. The Labute approximate surface area is 121 Å². The molecule has 0 amide bonds. The second-order valence-electron chi connectivity index (χ2n) is 6.02. The fraction of sp³-hybridized carbons (Fsp3) is 0.800. The van der Waals surface area contributed by atoms with Crippen LogP contribution < -0.4 is 5.32 Å². The van der Waals surface area contributed by atoms with Gasteiger partial charge in [0.05, 0.1) is 5.69 Å². The fourth-order valence-corrected chi connectivity index (χ4v) is 3.66. The summed E-state index contributed by atoms with van der Waals surface area (Å²) in [5.74, 6) is 1.65. The summed E-state index contributed by atoms with van der Waals surface area (Å²) in [6.45, 7) is 7.63. The molecule has 1 N–H and O–H groups in total. The van der Waals surface area contributed by atoms with Gasteiger partial charge in [-0.25, -0.2) is 0 Å². The molecule has 1 aromatic rings. The van der Waals surface area contributed by atoms with Crippen molar-refractivity contribution in [3.8, 4) is 0 Å². The van der Waals surface area contributed by atoms with Crippen LogP contribution in [0.3, 0.4) is 0 Å². The molecule has 1 heterocycles. The van der Waals surface area contributed by atoms with E-state index in [0.717, 1.165) is 35.6 Å². The van der Waals surface area contributed by atoms with Gasteiger partial charge in [-0.1, -0.05) is 31.9 Å². The van der Waals surface area contributed by atoms with Crippen LogP contribution in [0.4, 0.5) is 0 Å². The summed E-state index contributed by atoms with van der Waals surface area (Å²) in [6.07, 6.45) is 5.06. The lowest BCUT2D eigenvalue weighted by Gasteiger charge is -2.24. The molecule has 1 fully saturated rings. The van der Waals surface area contributed by atoms with Gasteiger partial charge in [-0.2, -0.15) is 5.10 Å². The van der Waals surface area contributed by atoms with Gasteiger partial charge in [-0.3, -0.25) is 4.68 Å². The van der Waals surface area contributed by atoms with E-state index in [2.05, 4.69) is 31.2 Å². The first-order chi connectivity index (χ1) is 9.02. The number of aromatic nitrogens is 2. The monoisotopic (exact) mass is 283 g/mol. The molecule has 0 radical (unpaired) electrons. The second kappa shape index (κ2) is 6.27. The molecule has 0 aliphatic heterocycles. The molecule has 2 rings (SSSR count). The number of rotatable bonds is 5. The molecule has 0 saturated heterocycles. The maximum Gasteiger partial charge on any atom is 0.130 e. The first-order valence-electron chi connectivity index (χ1n) is 7.44. The van der Waals surface area contributed by atoms with E-state index in [4.69, 9.17) is 11.6 Å². The fourth-order valence-electron chi connectivity index (χ4n) is 3.41. The highest BCUT2D eigenvalue weighted by Crippen LogP contribution is 2.34. The summed E-state index contributed by atoms with van der Waals surface area (Å²) in [5.41, 5.74) is 2.29. The molecule has 1 aliphatic rings. The molecular weight excluding hydrogens is 258 g/mol. The molecule has 1 saturated carbocycles. The smallest absolute Gasteiger partial charge is 0.130 e. The van der Waals surface area contributed by atoms with Crippen molar-refractivity contribution in [1.82, 2.24) is 15.1 Å². The Balaban J connectivity index is 2.12. The van der Waals surface area contributed by atoms with Gasteiger partial charge < -0.3 is 5.32 Å². The number of nitrogens with one attached hydrogen (secondary N) is 1. The molecule has 0 bridgehead atoms. The average Bonchev–Trinajstić information content (AvgIpc) is 2.88. The van der Waals surface area contributed by atoms with Crippen molar-refractivity contribution in [2.24, 2.45) is 18.9 Å². The zero-order valence-corrected chi connectivity index (χ0v) is 13.3. The van der Waals surface area contributed by atoms with Gasteiger partial charge in [0.25, 0.3) is 0 Å². The van der Waals surface area contributed by atoms with E-state index in [1.807, 2.05) is 7.05 Å². The first kappa shape index (κ1) is 14.9. The van der Waals surface area contributed by atoms with Crippen LogP contribution in [-0.2, 0) is 13.5 Å². The third kappa shape index (κ3) is 3.32. The van der Waals surface area contributed by atoms with E-state index in [1.54, 1.807) is 4.68 Å². The molecule has 3 unspecified atom stereocenters. The van der Waals surface area contributed by atoms with Crippen molar-refractivity contribution in [2.45, 2.75) is 52.5 Å². The van der Waals surface area contributed by atoms with Crippen LogP contribution in [-0.4, -0.2) is 22.4 Å². The molecule has 1 aromatic heterocycles. The minimum atomic E-state index is 0.537. The third-order valence-electron chi connectivity index (χ3n) is 4.46. The largest absolute Gasteiger partial charge is 0.314 e. The average molecular weight is 284 g/mol. The van der Waals surface area contributed by atoms with Crippen LogP contribution in [0.5, 0.6) is 0 Å². The van der Waals surface area contributed by atoms with Crippen LogP contribution in [0.15, 0.2) is 0 Å². The number of aryl methyl sites for hydroxylation is 2. The predicted molar refractivity (Wildman–Crippen MR) is 80.6 cm³/mol. The molecule has 0 spiro atoms. The SMILES string of the molecule is CCNC(Cc1c(C)nn(C)c1Cl)C1CCC(C)C1. The maximum atomic E-state index is 6.37. The molecule has 0 aromatic carbocycles. The summed E-state index contributed by atoms with van der Waals surface area (Å²) in [4.78, 5) is 0. The van der Waals surface area contributed by atoms with E-state index in [9.17, 15) is 0 Å². The Kier molecular flexibility index (Phi) is 4.91. The van der Waals surface area contributed by atoms with E-state index in [0.29, 0.717) is 6.04 Å². The summed E-state index contributed by atoms with van der Waals surface area (Å²) in [5, 5.41) is 8.88. The number of hydrogen-bond donors (Lipinski definition) is 1. The summed E-state index contributed by atoms with van der Waals surface area (Å²) < 4.78 is 1.78. The predicted octanol–water partition coefficient (Wildman–Crippen LogP) is 3.34. The highest BCUT2D eigenvalue weighted by Gasteiger charge is 2.29. The van der Waals surface area contributed by atoms with E-state index < -0.39 is 0 Å².